The summed E-state index contributed by atoms with van der Waals surface area (Å²) < 4.78 is 26.3. The molecule has 2 N–H and O–H groups in total. The van der Waals surface area contributed by atoms with Gasteiger partial charge in [0, 0.05) is 13.1 Å². The Morgan fingerprint density at radius 2 is 2.16 bits per heavy atom. The fraction of sp³-hybridized carbons (Fsp3) is 0.636. The number of carbonyl (C=O) groups is 1. The maximum absolute atomic E-state index is 12.5. The Labute approximate surface area is 111 Å². The first-order valence-electron chi connectivity index (χ1n) is 6.08. The quantitative estimate of drug-likeness (QED) is 0.843. The van der Waals surface area contributed by atoms with E-state index in [0.717, 1.165) is 0 Å². The number of aromatic nitrogens is 2. The fourth-order valence-electron chi connectivity index (χ4n) is 2.41. The van der Waals surface area contributed by atoms with E-state index in [1.165, 1.54) is 4.31 Å². The number of aliphatic carboxylic acids is 1. The van der Waals surface area contributed by atoms with Gasteiger partial charge in [-0.1, -0.05) is 0 Å². The van der Waals surface area contributed by atoms with E-state index in [-0.39, 0.29) is 11.4 Å². The zero-order valence-electron chi connectivity index (χ0n) is 10.9. The third-order valence-corrected chi connectivity index (χ3v) is 5.52. The van der Waals surface area contributed by atoms with Crippen molar-refractivity contribution in [2.45, 2.75) is 31.6 Å². The van der Waals surface area contributed by atoms with Crippen LogP contribution in [0.1, 0.15) is 24.2 Å². The van der Waals surface area contributed by atoms with Crippen LogP contribution in [-0.2, 0) is 14.8 Å². The second-order valence-electron chi connectivity index (χ2n) is 4.80. The summed E-state index contributed by atoms with van der Waals surface area (Å²) in [6.07, 6.45) is 1.08. The second-order valence-corrected chi connectivity index (χ2v) is 6.68. The molecule has 7 nitrogen and oxygen atoms in total. The van der Waals surface area contributed by atoms with Gasteiger partial charge in [-0.05, 0) is 26.7 Å². The lowest BCUT2D eigenvalue weighted by Crippen LogP contribution is -2.42. The number of carboxylic acid groups (broad SMARTS) is 1. The molecule has 19 heavy (non-hydrogen) atoms. The van der Waals surface area contributed by atoms with Crippen LogP contribution in [0.15, 0.2) is 4.90 Å². The number of aromatic amines is 1. The highest BCUT2D eigenvalue weighted by atomic mass is 32.2. The van der Waals surface area contributed by atoms with Gasteiger partial charge in [0.1, 0.15) is 4.90 Å². The molecular formula is C11H17N3O4S. The van der Waals surface area contributed by atoms with Crippen molar-refractivity contribution < 1.29 is 18.3 Å². The van der Waals surface area contributed by atoms with Crippen molar-refractivity contribution in [1.29, 1.82) is 0 Å². The maximum atomic E-state index is 12.5. The Morgan fingerprint density at radius 3 is 2.68 bits per heavy atom. The number of piperidine rings is 1. The highest BCUT2D eigenvalue weighted by Gasteiger charge is 2.35. The zero-order chi connectivity index (χ0) is 14.2. The number of aryl methyl sites for hydroxylation is 2. The second kappa shape index (κ2) is 4.93. The molecule has 0 spiro atoms. The third-order valence-electron chi connectivity index (χ3n) is 3.39. The van der Waals surface area contributed by atoms with Crippen LogP contribution in [0.4, 0.5) is 0 Å². The third kappa shape index (κ3) is 2.50. The van der Waals surface area contributed by atoms with Crippen LogP contribution in [0.5, 0.6) is 0 Å². The highest BCUT2D eigenvalue weighted by molar-refractivity contribution is 7.89. The molecule has 0 bridgehead atoms. The average Bonchev–Trinajstić information content (AvgIpc) is 2.69. The molecule has 0 radical (unpaired) electrons. The lowest BCUT2D eigenvalue weighted by atomic mass is 10.0. The molecule has 0 unspecified atom stereocenters. The molecule has 0 aliphatic carbocycles. The van der Waals surface area contributed by atoms with Gasteiger partial charge in [0.25, 0.3) is 0 Å². The molecule has 1 saturated heterocycles. The number of nitrogens with one attached hydrogen (secondary N) is 1. The van der Waals surface area contributed by atoms with Gasteiger partial charge in [0.15, 0.2) is 0 Å². The van der Waals surface area contributed by atoms with Gasteiger partial charge in [-0.2, -0.15) is 9.40 Å². The van der Waals surface area contributed by atoms with Crippen molar-refractivity contribution in [3.63, 3.8) is 0 Å². The molecule has 1 aliphatic heterocycles. The van der Waals surface area contributed by atoms with Crippen LogP contribution >= 0.6 is 0 Å². The van der Waals surface area contributed by atoms with E-state index >= 15 is 0 Å². The van der Waals surface area contributed by atoms with E-state index < -0.39 is 21.9 Å². The molecule has 0 amide bonds. The van der Waals surface area contributed by atoms with Crippen LogP contribution in [0.25, 0.3) is 0 Å². The number of rotatable bonds is 3. The van der Waals surface area contributed by atoms with E-state index in [1.807, 2.05) is 0 Å². The summed E-state index contributed by atoms with van der Waals surface area (Å²) in [7, 11) is -3.67. The smallest absolute Gasteiger partial charge is 0.307 e. The predicted octanol–water partition coefficient (Wildman–Crippen LogP) is 0.512. The van der Waals surface area contributed by atoms with Crippen molar-refractivity contribution in [2.75, 3.05) is 13.1 Å². The summed E-state index contributed by atoms with van der Waals surface area (Å²) in [5, 5.41) is 15.5. The number of hydrogen-bond donors (Lipinski definition) is 2. The topological polar surface area (TPSA) is 103 Å². The van der Waals surface area contributed by atoms with Gasteiger partial charge in [0.05, 0.1) is 17.3 Å². The lowest BCUT2D eigenvalue weighted by molar-refractivity contribution is -0.142. The largest absolute Gasteiger partial charge is 0.481 e. The van der Waals surface area contributed by atoms with E-state index in [4.69, 9.17) is 5.11 Å². The van der Waals surface area contributed by atoms with E-state index in [9.17, 15) is 13.2 Å². The summed E-state index contributed by atoms with van der Waals surface area (Å²) >= 11 is 0. The highest BCUT2D eigenvalue weighted by Crippen LogP contribution is 2.26. The normalized spacial score (nSPS) is 21.5. The first-order chi connectivity index (χ1) is 8.84. The minimum absolute atomic E-state index is 0.0295. The molecule has 1 aromatic heterocycles. The van der Waals surface area contributed by atoms with Crippen LogP contribution in [0, 0.1) is 19.8 Å². The van der Waals surface area contributed by atoms with E-state index in [0.29, 0.717) is 30.8 Å². The van der Waals surface area contributed by atoms with Gasteiger partial charge in [0.2, 0.25) is 10.0 Å². The Bertz CT molecular complexity index is 574. The molecule has 2 rings (SSSR count). The van der Waals surface area contributed by atoms with E-state index in [2.05, 4.69) is 10.2 Å². The molecule has 0 aromatic carbocycles. The van der Waals surface area contributed by atoms with Crippen LogP contribution < -0.4 is 0 Å². The van der Waals surface area contributed by atoms with Crippen molar-refractivity contribution in [3.8, 4) is 0 Å². The molecule has 1 aliphatic rings. The van der Waals surface area contributed by atoms with Crippen molar-refractivity contribution in [1.82, 2.24) is 14.5 Å². The molecule has 0 saturated carbocycles. The number of nitrogens with zero attached hydrogens (tertiary/aromatic N) is 2. The summed E-state index contributed by atoms with van der Waals surface area (Å²) in [5.41, 5.74) is 0.893. The Kier molecular flexibility index (Phi) is 3.64. The van der Waals surface area contributed by atoms with E-state index in [1.54, 1.807) is 13.8 Å². The molecule has 1 aromatic rings. The van der Waals surface area contributed by atoms with Crippen LogP contribution in [-0.4, -0.2) is 47.1 Å². The number of hydrogen-bond acceptors (Lipinski definition) is 4. The molecular weight excluding hydrogens is 270 g/mol. The Hall–Kier alpha value is -1.41. The Balaban J connectivity index is 2.32. The molecule has 8 heteroatoms. The van der Waals surface area contributed by atoms with Crippen LogP contribution in [0.3, 0.4) is 0 Å². The van der Waals surface area contributed by atoms with Gasteiger partial charge in [-0.25, -0.2) is 8.42 Å². The predicted molar refractivity (Wildman–Crippen MR) is 67.2 cm³/mol. The lowest BCUT2D eigenvalue weighted by Gasteiger charge is -2.29. The van der Waals surface area contributed by atoms with Gasteiger partial charge in [-0.15, -0.1) is 0 Å². The summed E-state index contributed by atoms with van der Waals surface area (Å²) in [5.74, 6) is -1.57. The molecule has 1 fully saturated rings. The van der Waals surface area contributed by atoms with Crippen molar-refractivity contribution in [2.24, 2.45) is 5.92 Å². The molecule has 2 heterocycles. The first-order valence-corrected chi connectivity index (χ1v) is 7.52. The minimum atomic E-state index is -3.67. The average molecular weight is 287 g/mol. The van der Waals surface area contributed by atoms with Crippen LogP contribution in [0.2, 0.25) is 0 Å². The Morgan fingerprint density at radius 1 is 1.47 bits per heavy atom. The monoisotopic (exact) mass is 287 g/mol. The van der Waals surface area contributed by atoms with Crippen molar-refractivity contribution in [3.05, 3.63) is 11.4 Å². The fourth-order valence-corrected chi connectivity index (χ4v) is 4.27. The number of carboxylic acids is 1. The minimum Gasteiger partial charge on any atom is -0.481 e. The molecule has 106 valence electrons. The van der Waals surface area contributed by atoms with Gasteiger partial charge < -0.3 is 5.11 Å². The molecule has 1 atom stereocenters. The summed E-state index contributed by atoms with van der Waals surface area (Å²) in [6.45, 7) is 3.65. The SMILES string of the molecule is Cc1n[nH]c(C)c1S(=O)(=O)N1CCC[C@H](C(=O)O)C1. The summed E-state index contributed by atoms with van der Waals surface area (Å²) in [4.78, 5) is 11.2. The standard InChI is InChI=1S/C11H17N3O4S/c1-7-10(8(2)13-12-7)19(17,18)14-5-3-4-9(6-14)11(15)16/h9H,3-6H2,1-2H3,(H,12,13)(H,15,16)/t9-/m0/s1. The van der Waals surface area contributed by atoms with Gasteiger partial charge >= 0.3 is 5.97 Å². The van der Waals surface area contributed by atoms with Gasteiger partial charge in [-0.3, -0.25) is 9.89 Å². The van der Waals surface area contributed by atoms with Crippen molar-refractivity contribution >= 4 is 16.0 Å². The zero-order valence-corrected chi connectivity index (χ0v) is 11.7. The first kappa shape index (κ1) is 14.0. The number of sulfonamides is 1. The summed E-state index contributed by atoms with van der Waals surface area (Å²) in [6, 6.07) is 0. The number of H-pyrrole nitrogens is 1. The maximum Gasteiger partial charge on any atom is 0.307 e.